The summed E-state index contributed by atoms with van der Waals surface area (Å²) in [5.74, 6) is 0.788. The molecule has 146 valence electrons. The number of halogens is 3. The van der Waals surface area contributed by atoms with E-state index in [4.69, 9.17) is 4.42 Å². The number of aliphatic imine (C=N–C) groups is 1. The lowest BCUT2D eigenvalue weighted by molar-refractivity contribution is -0.142. The third-order valence-corrected chi connectivity index (χ3v) is 4.04. The van der Waals surface area contributed by atoms with Gasteiger partial charge in [-0.05, 0) is 19.2 Å². The van der Waals surface area contributed by atoms with Crippen molar-refractivity contribution in [2.75, 3.05) is 59.9 Å². The molecule has 1 saturated heterocycles. The standard InChI is InChI=1S/C16H24F3N5O2/c1-20-15(21-5-6-22(2)12-16(17,18)19)24-9-7-23(8-10-24)14(25)13-4-3-11-26-13/h3-4,11H,5-10,12H2,1-2H3,(H,20,21). The minimum Gasteiger partial charge on any atom is -0.459 e. The molecule has 7 nitrogen and oxygen atoms in total. The number of nitrogens with one attached hydrogen (secondary N) is 1. The molecule has 0 aromatic carbocycles. The molecule has 1 amide bonds. The Kier molecular flexibility index (Phi) is 6.90. The number of carbonyl (C=O) groups excluding carboxylic acids is 1. The van der Waals surface area contributed by atoms with E-state index < -0.39 is 12.7 Å². The van der Waals surface area contributed by atoms with Crippen LogP contribution in [-0.4, -0.2) is 92.7 Å². The average molecular weight is 375 g/mol. The molecule has 0 spiro atoms. The number of nitrogens with zero attached hydrogens (tertiary/aromatic N) is 4. The Labute approximate surface area is 150 Å². The van der Waals surface area contributed by atoms with Crippen molar-refractivity contribution in [3.05, 3.63) is 24.2 Å². The molecule has 0 bridgehead atoms. The molecule has 10 heteroatoms. The van der Waals surface area contributed by atoms with Gasteiger partial charge in [0.25, 0.3) is 5.91 Å². The summed E-state index contributed by atoms with van der Waals surface area (Å²) in [5, 5.41) is 3.07. The summed E-state index contributed by atoms with van der Waals surface area (Å²) in [5.41, 5.74) is 0. The van der Waals surface area contributed by atoms with E-state index in [1.807, 2.05) is 4.90 Å². The number of amides is 1. The number of furan rings is 1. The second-order valence-corrected chi connectivity index (χ2v) is 6.08. The van der Waals surface area contributed by atoms with Gasteiger partial charge >= 0.3 is 6.18 Å². The molecular formula is C16H24F3N5O2. The first kappa shape index (κ1) is 20.1. The van der Waals surface area contributed by atoms with Gasteiger partial charge in [0.05, 0.1) is 12.8 Å². The molecule has 0 radical (unpaired) electrons. The molecule has 1 N–H and O–H groups in total. The number of likely N-dealkylation sites (N-methyl/N-ethyl adjacent to an activating group) is 1. The second kappa shape index (κ2) is 8.93. The SMILES string of the molecule is CN=C(NCCN(C)CC(F)(F)F)N1CCN(C(=O)c2ccco2)CC1. The Balaban J connectivity index is 1.75. The smallest absolute Gasteiger partial charge is 0.401 e. The van der Waals surface area contributed by atoms with Crippen LogP contribution in [0.1, 0.15) is 10.6 Å². The van der Waals surface area contributed by atoms with Gasteiger partial charge in [0.2, 0.25) is 0 Å². The van der Waals surface area contributed by atoms with Crippen LogP contribution in [-0.2, 0) is 0 Å². The first-order valence-electron chi connectivity index (χ1n) is 8.34. The van der Waals surface area contributed by atoms with Crippen LogP contribution in [0.2, 0.25) is 0 Å². The van der Waals surface area contributed by atoms with Crippen LogP contribution in [0.5, 0.6) is 0 Å². The van der Waals surface area contributed by atoms with Gasteiger partial charge in [-0.25, -0.2) is 0 Å². The quantitative estimate of drug-likeness (QED) is 0.617. The summed E-state index contributed by atoms with van der Waals surface area (Å²) >= 11 is 0. The van der Waals surface area contributed by atoms with Crippen LogP contribution in [0.3, 0.4) is 0 Å². The molecule has 0 atom stereocenters. The van der Waals surface area contributed by atoms with Gasteiger partial charge in [-0.2, -0.15) is 13.2 Å². The third-order valence-electron chi connectivity index (χ3n) is 4.04. The topological polar surface area (TPSA) is 64.3 Å². The fourth-order valence-corrected chi connectivity index (χ4v) is 2.75. The van der Waals surface area contributed by atoms with Gasteiger partial charge in [-0.1, -0.05) is 0 Å². The summed E-state index contributed by atoms with van der Waals surface area (Å²) in [7, 11) is 3.05. The van der Waals surface area contributed by atoms with Gasteiger partial charge < -0.3 is 19.5 Å². The van der Waals surface area contributed by atoms with Crippen LogP contribution in [0.4, 0.5) is 13.2 Å². The molecule has 1 aromatic heterocycles. The molecule has 1 aliphatic heterocycles. The van der Waals surface area contributed by atoms with E-state index in [0.717, 1.165) is 0 Å². The lowest BCUT2D eigenvalue weighted by atomic mass is 10.3. The summed E-state index contributed by atoms with van der Waals surface area (Å²) in [6, 6.07) is 3.30. The number of carbonyl (C=O) groups is 1. The lowest BCUT2D eigenvalue weighted by Gasteiger charge is -2.36. The molecule has 2 rings (SSSR count). The van der Waals surface area contributed by atoms with Crippen molar-refractivity contribution in [2.45, 2.75) is 6.18 Å². The van der Waals surface area contributed by atoms with Crippen molar-refractivity contribution in [1.29, 1.82) is 0 Å². The molecule has 0 aliphatic carbocycles. The maximum Gasteiger partial charge on any atom is 0.401 e. The first-order valence-corrected chi connectivity index (χ1v) is 8.34. The summed E-state index contributed by atoms with van der Waals surface area (Å²) in [6.07, 6.45) is -2.74. The summed E-state index contributed by atoms with van der Waals surface area (Å²) in [6.45, 7) is 1.87. The highest BCUT2D eigenvalue weighted by Crippen LogP contribution is 2.15. The predicted molar refractivity (Wildman–Crippen MR) is 91.1 cm³/mol. The van der Waals surface area contributed by atoms with E-state index in [1.54, 1.807) is 24.1 Å². The average Bonchev–Trinajstić information content (AvgIpc) is 3.11. The van der Waals surface area contributed by atoms with Gasteiger partial charge in [0.15, 0.2) is 11.7 Å². The van der Waals surface area contributed by atoms with E-state index in [2.05, 4.69) is 10.3 Å². The van der Waals surface area contributed by atoms with Crippen LogP contribution < -0.4 is 5.32 Å². The molecule has 0 unspecified atom stereocenters. The summed E-state index contributed by atoms with van der Waals surface area (Å²) < 4.78 is 42.1. The van der Waals surface area contributed by atoms with Crippen molar-refractivity contribution in [2.24, 2.45) is 4.99 Å². The van der Waals surface area contributed by atoms with Crippen molar-refractivity contribution in [3.63, 3.8) is 0 Å². The fourth-order valence-electron chi connectivity index (χ4n) is 2.75. The van der Waals surface area contributed by atoms with E-state index in [1.165, 1.54) is 18.2 Å². The van der Waals surface area contributed by atoms with E-state index in [9.17, 15) is 18.0 Å². The molecule has 0 saturated carbocycles. The molecule has 1 aromatic rings. The van der Waals surface area contributed by atoms with Gasteiger partial charge in [-0.3, -0.25) is 14.7 Å². The number of alkyl halides is 3. The molecule has 1 fully saturated rings. The maximum absolute atomic E-state index is 12.3. The first-order chi connectivity index (χ1) is 12.3. The molecule has 2 heterocycles. The number of hydrogen-bond acceptors (Lipinski definition) is 4. The van der Waals surface area contributed by atoms with Crippen LogP contribution in [0, 0.1) is 0 Å². The Morgan fingerprint density at radius 3 is 2.50 bits per heavy atom. The molecule has 1 aliphatic rings. The van der Waals surface area contributed by atoms with Crippen molar-refractivity contribution < 1.29 is 22.4 Å². The lowest BCUT2D eigenvalue weighted by Crippen LogP contribution is -2.54. The van der Waals surface area contributed by atoms with Crippen molar-refractivity contribution >= 4 is 11.9 Å². The minimum absolute atomic E-state index is 0.147. The monoisotopic (exact) mass is 375 g/mol. The van der Waals surface area contributed by atoms with Crippen molar-refractivity contribution in [1.82, 2.24) is 20.0 Å². The summed E-state index contributed by atoms with van der Waals surface area (Å²) in [4.78, 5) is 21.3. The Morgan fingerprint density at radius 1 is 1.31 bits per heavy atom. The van der Waals surface area contributed by atoms with Crippen LogP contribution in [0.15, 0.2) is 27.8 Å². The Hall–Kier alpha value is -2.23. The van der Waals surface area contributed by atoms with E-state index in [-0.39, 0.29) is 12.5 Å². The Morgan fingerprint density at radius 2 is 1.96 bits per heavy atom. The normalized spacial score (nSPS) is 16.3. The Bertz CT molecular complexity index is 596. The number of guanidine groups is 1. The number of piperazine rings is 1. The zero-order valence-corrected chi connectivity index (χ0v) is 14.9. The van der Waals surface area contributed by atoms with Gasteiger partial charge in [-0.15, -0.1) is 0 Å². The van der Waals surface area contributed by atoms with E-state index in [0.29, 0.717) is 44.4 Å². The minimum atomic E-state index is -4.20. The van der Waals surface area contributed by atoms with Crippen molar-refractivity contribution in [3.8, 4) is 0 Å². The predicted octanol–water partition coefficient (Wildman–Crippen LogP) is 1.11. The van der Waals surface area contributed by atoms with Crippen LogP contribution >= 0.6 is 0 Å². The van der Waals surface area contributed by atoms with Gasteiger partial charge in [0.1, 0.15) is 0 Å². The molecular weight excluding hydrogens is 351 g/mol. The highest BCUT2D eigenvalue weighted by Gasteiger charge is 2.29. The number of hydrogen-bond donors (Lipinski definition) is 1. The highest BCUT2D eigenvalue weighted by molar-refractivity contribution is 5.91. The second-order valence-electron chi connectivity index (χ2n) is 6.08. The largest absolute Gasteiger partial charge is 0.459 e. The zero-order chi connectivity index (χ0) is 19.2. The zero-order valence-electron chi connectivity index (χ0n) is 14.9. The number of rotatable bonds is 5. The maximum atomic E-state index is 12.3. The van der Waals surface area contributed by atoms with Crippen LogP contribution in [0.25, 0.3) is 0 Å². The fraction of sp³-hybridized carbons (Fsp3) is 0.625. The highest BCUT2D eigenvalue weighted by atomic mass is 19.4. The molecule has 26 heavy (non-hydrogen) atoms. The van der Waals surface area contributed by atoms with Gasteiger partial charge in [0, 0.05) is 46.3 Å². The third kappa shape index (κ3) is 5.94. The van der Waals surface area contributed by atoms with E-state index >= 15 is 0 Å².